The molecule has 0 aromatic heterocycles. The van der Waals surface area contributed by atoms with Crippen LogP contribution in [0.1, 0.15) is 19.8 Å². The summed E-state index contributed by atoms with van der Waals surface area (Å²) in [6.45, 7) is 7.44. The van der Waals surface area contributed by atoms with Gasteiger partial charge in [0.2, 0.25) is 0 Å². The van der Waals surface area contributed by atoms with Crippen LogP contribution in [0.5, 0.6) is 0 Å². The number of hydrogen-bond acceptors (Lipinski definition) is 4. The standard InChI is InChI=1S/C11H18N2O2/c1-3-8-13(9-6-5-7-12)10-11(14)15-4-2/h3H,1,4-6,8-10H2,2H3. The Hall–Kier alpha value is -1.34. The molecule has 0 saturated heterocycles. The van der Waals surface area contributed by atoms with E-state index in [0.29, 0.717) is 19.6 Å². The average molecular weight is 210 g/mol. The van der Waals surface area contributed by atoms with E-state index in [1.54, 1.807) is 13.0 Å². The molecule has 0 aliphatic rings. The Bertz CT molecular complexity index is 233. The third kappa shape index (κ3) is 7.71. The van der Waals surface area contributed by atoms with E-state index in [1.807, 2.05) is 4.90 Å². The molecule has 0 radical (unpaired) electrons. The molecule has 84 valence electrons. The van der Waals surface area contributed by atoms with Gasteiger partial charge >= 0.3 is 5.97 Å². The molecular weight excluding hydrogens is 192 g/mol. The summed E-state index contributed by atoms with van der Waals surface area (Å²) in [6.07, 6.45) is 3.02. The zero-order valence-corrected chi connectivity index (χ0v) is 9.24. The van der Waals surface area contributed by atoms with Crippen molar-refractivity contribution in [1.29, 1.82) is 5.26 Å². The molecule has 0 rings (SSSR count). The molecule has 0 fully saturated rings. The van der Waals surface area contributed by atoms with Gasteiger partial charge in [-0.15, -0.1) is 6.58 Å². The third-order valence-electron chi connectivity index (χ3n) is 1.81. The highest BCUT2D eigenvalue weighted by Crippen LogP contribution is 1.96. The molecule has 0 aliphatic heterocycles. The molecule has 15 heavy (non-hydrogen) atoms. The number of carbonyl (C=O) groups is 1. The van der Waals surface area contributed by atoms with Crippen LogP contribution in [0, 0.1) is 11.3 Å². The number of nitriles is 1. The maximum absolute atomic E-state index is 11.2. The van der Waals surface area contributed by atoms with Crippen LogP contribution in [0.15, 0.2) is 12.7 Å². The Kier molecular flexibility index (Phi) is 8.40. The number of hydrogen-bond donors (Lipinski definition) is 0. The van der Waals surface area contributed by atoms with Gasteiger partial charge in [-0.05, 0) is 13.3 Å². The molecule has 0 saturated carbocycles. The molecule has 0 aromatic carbocycles. The Labute approximate surface area is 91.1 Å². The number of carbonyl (C=O) groups excluding carboxylic acids is 1. The molecule has 0 heterocycles. The number of unbranched alkanes of at least 4 members (excludes halogenated alkanes) is 1. The molecule has 0 aromatic rings. The number of nitrogens with zero attached hydrogens (tertiary/aromatic N) is 2. The summed E-state index contributed by atoms with van der Waals surface area (Å²) in [5.74, 6) is -0.226. The first-order valence-corrected chi connectivity index (χ1v) is 5.10. The van der Waals surface area contributed by atoms with Gasteiger partial charge in [-0.3, -0.25) is 9.69 Å². The average Bonchev–Trinajstić information content (AvgIpc) is 2.18. The van der Waals surface area contributed by atoms with Gasteiger partial charge in [0.1, 0.15) is 0 Å². The first-order valence-electron chi connectivity index (χ1n) is 5.10. The molecule has 0 bridgehead atoms. The minimum Gasteiger partial charge on any atom is -0.465 e. The first kappa shape index (κ1) is 13.7. The summed E-state index contributed by atoms with van der Waals surface area (Å²) in [5.41, 5.74) is 0. The Morgan fingerprint density at radius 3 is 2.93 bits per heavy atom. The quantitative estimate of drug-likeness (QED) is 0.344. The van der Waals surface area contributed by atoms with E-state index in [4.69, 9.17) is 10.00 Å². The SMILES string of the molecule is C=CCN(CCCC#N)CC(=O)OCC. The maximum Gasteiger partial charge on any atom is 0.320 e. The van der Waals surface area contributed by atoms with E-state index in [0.717, 1.165) is 13.0 Å². The highest BCUT2D eigenvalue weighted by Gasteiger charge is 2.09. The van der Waals surface area contributed by atoms with Gasteiger partial charge in [-0.1, -0.05) is 6.08 Å². The van der Waals surface area contributed by atoms with Crippen LogP contribution in [0.25, 0.3) is 0 Å². The molecule has 4 nitrogen and oxygen atoms in total. The largest absolute Gasteiger partial charge is 0.465 e. The maximum atomic E-state index is 11.2. The summed E-state index contributed by atoms with van der Waals surface area (Å²) < 4.78 is 4.85. The van der Waals surface area contributed by atoms with Crippen molar-refractivity contribution in [2.75, 3.05) is 26.2 Å². The predicted molar refractivity (Wildman–Crippen MR) is 58.1 cm³/mol. The van der Waals surface area contributed by atoms with E-state index in [-0.39, 0.29) is 12.5 Å². The summed E-state index contributed by atoms with van der Waals surface area (Å²) >= 11 is 0. The van der Waals surface area contributed by atoms with Crippen molar-refractivity contribution in [1.82, 2.24) is 4.90 Å². The second kappa shape index (κ2) is 9.22. The van der Waals surface area contributed by atoms with Gasteiger partial charge in [-0.2, -0.15) is 5.26 Å². The Balaban J connectivity index is 3.86. The number of esters is 1. The van der Waals surface area contributed by atoms with Crippen LogP contribution < -0.4 is 0 Å². The van der Waals surface area contributed by atoms with Gasteiger partial charge < -0.3 is 4.74 Å². The fourth-order valence-corrected chi connectivity index (χ4v) is 1.19. The zero-order valence-electron chi connectivity index (χ0n) is 9.24. The van der Waals surface area contributed by atoms with Crippen molar-refractivity contribution in [2.45, 2.75) is 19.8 Å². The molecular formula is C11H18N2O2. The fourth-order valence-electron chi connectivity index (χ4n) is 1.19. The van der Waals surface area contributed by atoms with Crippen LogP contribution in [-0.2, 0) is 9.53 Å². The van der Waals surface area contributed by atoms with Gasteiger partial charge in [-0.25, -0.2) is 0 Å². The summed E-state index contributed by atoms with van der Waals surface area (Å²) in [5, 5.41) is 8.39. The zero-order chi connectivity index (χ0) is 11.5. The number of ether oxygens (including phenoxy) is 1. The molecule has 0 N–H and O–H groups in total. The van der Waals surface area contributed by atoms with Crippen molar-refractivity contribution in [3.8, 4) is 6.07 Å². The van der Waals surface area contributed by atoms with E-state index >= 15 is 0 Å². The molecule has 0 aliphatic carbocycles. The lowest BCUT2D eigenvalue weighted by Gasteiger charge is -2.18. The normalized spacial score (nSPS) is 9.67. The van der Waals surface area contributed by atoms with Crippen LogP contribution in [0.2, 0.25) is 0 Å². The third-order valence-corrected chi connectivity index (χ3v) is 1.81. The van der Waals surface area contributed by atoms with E-state index in [9.17, 15) is 4.79 Å². The minimum atomic E-state index is -0.226. The lowest BCUT2D eigenvalue weighted by Crippen LogP contribution is -2.32. The molecule has 0 amide bonds. The molecule has 0 atom stereocenters. The van der Waals surface area contributed by atoms with Crippen LogP contribution in [0.4, 0.5) is 0 Å². The lowest BCUT2D eigenvalue weighted by atomic mass is 10.3. The molecule has 0 spiro atoms. The summed E-state index contributed by atoms with van der Waals surface area (Å²) in [4.78, 5) is 13.1. The van der Waals surface area contributed by atoms with Gasteiger partial charge in [0.25, 0.3) is 0 Å². The summed E-state index contributed by atoms with van der Waals surface area (Å²) in [7, 11) is 0. The Morgan fingerprint density at radius 2 is 2.40 bits per heavy atom. The number of rotatable bonds is 8. The van der Waals surface area contributed by atoms with E-state index < -0.39 is 0 Å². The summed E-state index contributed by atoms with van der Waals surface area (Å²) in [6, 6.07) is 2.07. The monoisotopic (exact) mass is 210 g/mol. The van der Waals surface area contributed by atoms with Gasteiger partial charge in [0, 0.05) is 19.5 Å². The minimum absolute atomic E-state index is 0.226. The van der Waals surface area contributed by atoms with Crippen LogP contribution in [-0.4, -0.2) is 37.1 Å². The lowest BCUT2D eigenvalue weighted by molar-refractivity contribution is -0.144. The second-order valence-corrected chi connectivity index (χ2v) is 3.09. The second-order valence-electron chi connectivity index (χ2n) is 3.09. The topological polar surface area (TPSA) is 53.3 Å². The first-order chi connectivity index (χ1) is 7.24. The smallest absolute Gasteiger partial charge is 0.320 e. The fraction of sp³-hybridized carbons (Fsp3) is 0.636. The van der Waals surface area contributed by atoms with Crippen molar-refractivity contribution in [3.05, 3.63) is 12.7 Å². The van der Waals surface area contributed by atoms with Gasteiger partial charge in [0.15, 0.2) is 0 Å². The van der Waals surface area contributed by atoms with Crippen molar-refractivity contribution in [3.63, 3.8) is 0 Å². The highest BCUT2D eigenvalue weighted by molar-refractivity contribution is 5.71. The molecule has 0 unspecified atom stereocenters. The van der Waals surface area contributed by atoms with E-state index in [2.05, 4.69) is 12.6 Å². The Morgan fingerprint density at radius 1 is 1.67 bits per heavy atom. The van der Waals surface area contributed by atoms with E-state index in [1.165, 1.54) is 0 Å². The molecule has 4 heteroatoms. The van der Waals surface area contributed by atoms with Crippen LogP contribution in [0.3, 0.4) is 0 Å². The van der Waals surface area contributed by atoms with Gasteiger partial charge in [0.05, 0.1) is 19.2 Å². The predicted octanol–water partition coefficient (Wildman–Crippen LogP) is 1.34. The highest BCUT2D eigenvalue weighted by atomic mass is 16.5. The van der Waals surface area contributed by atoms with Crippen LogP contribution >= 0.6 is 0 Å². The van der Waals surface area contributed by atoms with Crippen molar-refractivity contribution >= 4 is 5.97 Å². The van der Waals surface area contributed by atoms with Crippen molar-refractivity contribution < 1.29 is 9.53 Å². The van der Waals surface area contributed by atoms with Crippen molar-refractivity contribution in [2.24, 2.45) is 0 Å².